The number of unbranched alkanes of at least 4 members (excludes halogenated alkanes) is 1. The molecule has 30 heavy (non-hydrogen) atoms. The van der Waals surface area contributed by atoms with Crippen molar-refractivity contribution in [3.63, 3.8) is 0 Å². The molecule has 3 aromatic rings. The van der Waals surface area contributed by atoms with Crippen molar-refractivity contribution >= 4 is 34.7 Å². The summed E-state index contributed by atoms with van der Waals surface area (Å²) in [6.45, 7) is 5.83. The van der Waals surface area contributed by atoms with E-state index < -0.39 is 6.09 Å². The van der Waals surface area contributed by atoms with Gasteiger partial charge in [-0.15, -0.1) is 0 Å². The monoisotopic (exact) mass is 430 g/mol. The standard InChI is InChI=1S/C21H27ClN6O2/c1-14(2)10-15-6-5-7-16(11-15)12-24-21(29)30-9-4-3-8-28-13-25-17-18(23)26-20(22)27-19(17)28/h5-7,11,13-14H,3-4,8-10,12H2,1-2H3,(H,24,29)(H2,23,26,27). The lowest BCUT2D eigenvalue weighted by atomic mass is 10.0. The first kappa shape index (κ1) is 21.8. The molecule has 0 spiro atoms. The van der Waals surface area contributed by atoms with Gasteiger partial charge in [0.15, 0.2) is 11.5 Å². The zero-order chi connectivity index (χ0) is 21.5. The Hall–Kier alpha value is -2.87. The van der Waals surface area contributed by atoms with E-state index in [1.807, 2.05) is 16.7 Å². The average molecular weight is 431 g/mol. The van der Waals surface area contributed by atoms with Crippen LogP contribution in [0.3, 0.4) is 0 Å². The predicted octanol–water partition coefficient (Wildman–Crippen LogP) is 3.97. The van der Waals surface area contributed by atoms with Crippen LogP contribution in [-0.2, 0) is 24.2 Å². The Balaban J connectivity index is 1.37. The number of halogens is 1. The van der Waals surface area contributed by atoms with Crippen LogP contribution < -0.4 is 11.1 Å². The second-order valence-corrected chi connectivity index (χ2v) is 7.94. The highest BCUT2D eigenvalue weighted by molar-refractivity contribution is 6.28. The third-order valence-electron chi connectivity index (χ3n) is 4.56. The topological polar surface area (TPSA) is 108 Å². The van der Waals surface area contributed by atoms with Crippen molar-refractivity contribution in [3.8, 4) is 0 Å². The van der Waals surface area contributed by atoms with Crippen LogP contribution in [0.2, 0.25) is 5.28 Å². The fourth-order valence-electron chi connectivity index (χ4n) is 3.21. The maximum Gasteiger partial charge on any atom is 0.407 e. The molecule has 0 atom stereocenters. The van der Waals surface area contributed by atoms with Crippen LogP contribution >= 0.6 is 11.6 Å². The minimum Gasteiger partial charge on any atom is -0.450 e. The molecule has 160 valence electrons. The molecule has 0 bridgehead atoms. The van der Waals surface area contributed by atoms with E-state index in [0.29, 0.717) is 43.2 Å². The third-order valence-corrected chi connectivity index (χ3v) is 4.73. The van der Waals surface area contributed by atoms with Crippen LogP contribution in [0, 0.1) is 5.92 Å². The van der Waals surface area contributed by atoms with E-state index in [-0.39, 0.29) is 11.1 Å². The lowest BCUT2D eigenvalue weighted by molar-refractivity contribution is 0.143. The number of nitrogen functional groups attached to an aromatic ring is 1. The SMILES string of the molecule is CC(C)Cc1cccc(CNC(=O)OCCCCn2cnc3c(N)nc(Cl)nc32)c1. The molecule has 0 fully saturated rings. The highest BCUT2D eigenvalue weighted by Gasteiger charge is 2.10. The molecule has 8 nitrogen and oxygen atoms in total. The van der Waals surface area contributed by atoms with Gasteiger partial charge in [-0.2, -0.15) is 9.97 Å². The second kappa shape index (κ2) is 10.2. The number of carbonyl (C=O) groups excluding carboxylic acids is 1. The van der Waals surface area contributed by atoms with Gasteiger partial charge in [0.05, 0.1) is 12.9 Å². The number of carbonyl (C=O) groups is 1. The number of imidazole rings is 1. The van der Waals surface area contributed by atoms with Gasteiger partial charge in [0.1, 0.15) is 5.52 Å². The summed E-state index contributed by atoms with van der Waals surface area (Å²) in [6.07, 6.45) is 3.77. The number of amides is 1. The van der Waals surface area contributed by atoms with Crippen LogP contribution in [0.5, 0.6) is 0 Å². The minimum atomic E-state index is -0.412. The van der Waals surface area contributed by atoms with Gasteiger partial charge in [0.2, 0.25) is 5.28 Å². The normalized spacial score (nSPS) is 11.2. The summed E-state index contributed by atoms with van der Waals surface area (Å²) >= 11 is 5.87. The van der Waals surface area contributed by atoms with Crippen molar-refractivity contribution in [2.24, 2.45) is 5.92 Å². The van der Waals surface area contributed by atoms with E-state index in [4.69, 9.17) is 22.1 Å². The molecule has 0 aliphatic carbocycles. The Morgan fingerprint density at radius 3 is 2.87 bits per heavy atom. The highest BCUT2D eigenvalue weighted by atomic mass is 35.5. The first-order chi connectivity index (χ1) is 14.4. The highest BCUT2D eigenvalue weighted by Crippen LogP contribution is 2.18. The van der Waals surface area contributed by atoms with Crippen LogP contribution in [-0.4, -0.2) is 32.2 Å². The van der Waals surface area contributed by atoms with E-state index in [9.17, 15) is 4.79 Å². The molecule has 0 aliphatic heterocycles. The molecule has 1 aromatic carbocycles. The number of hydrogen-bond donors (Lipinski definition) is 2. The zero-order valence-electron chi connectivity index (χ0n) is 17.3. The lowest BCUT2D eigenvalue weighted by Crippen LogP contribution is -2.24. The molecule has 2 aromatic heterocycles. The molecular formula is C21H27ClN6O2. The summed E-state index contributed by atoms with van der Waals surface area (Å²) in [5.41, 5.74) is 9.28. The number of aromatic nitrogens is 4. The van der Waals surface area contributed by atoms with E-state index in [2.05, 4.69) is 46.2 Å². The summed E-state index contributed by atoms with van der Waals surface area (Å²) in [5.74, 6) is 0.860. The Morgan fingerprint density at radius 1 is 1.27 bits per heavy atom. The molecule has 0 saturated carbocycles. The molecule has 3 rings (SSSR count). The number of aryl methyl sites for hydroxylation is 1. The maximum absolute atomic E-state index is 11.9. The third kappa shape index (κ3) is 6.06. The molecule has 0 aliphatic rings. The molecular weight excluding hydrogens is 404 g/mol. The summed E-state index contributed by atoms with van der Waals surface area (Å²) in [7, 11) is 0. The largest absolute Gasteiger partial charge is 0.450 e. The number of nitrogens with zero attached hydrogens (tertiary/aromatic N) is 4. The van der Waals surface area contributed by atoms with Gasteiger partial charge in [0, 0.05) is 13.1 Å². The lowest BCUT2D eigenvalue weighted by Gasteiger charge is -2.10. The van der Waals surface area contributed by atoms with Crippen molar-refractivity contribution in [2.75, 3.05) is 12.3 Å². The summed E-state index contributed by atoms with van der Waals surface area (Å²) in [4.78, 5) is 24.2. The number of nitrogens with one attached hydrogen (secondary N) is 1. The molecule has 2 heterocycles. The van der Waals surface area contributed by atoms with E-state index in [1.54, 1.807) is 6.33 Å². The number of alkyl carbamates (subject to hydrolysis) is 1. The number of benzene rings is 1. The van der Waals surface area contributed by atoms with Crippen molar-refractivity contribution in [1.29, 1.82) is 0 Å². The molecule has 1 amide bonds. The molecule has 9 heteroatoms. The summed E-state index contributed by atoms with van der Waals surface area (Å²) in [6, 6.07) is 8.26. The molecule has 0 unspecified atom stereocenters. The van der Waals surface area contributed by atoms with Gasteiger partial charge < -0.3 is 20.4 Å². The van der Waals surface area contributed by atoms with Crippen LogP contribution in [0.1, 0.15) is 37.8 Å². The summed E-state index contributed by atoms with van der Waals surface area (Å²) < 4.78 is 7.13. The number of anilines is 1. The average Bonchev–Trinajstić information content (AvgIpc) is 3.09. The second-order valence-electron chi connectivity index (χ2n) is 7.60. The first-order valence-corrected chi connectivity index (χ1v) is 10.4. The smallest absolute Gasteiger partial charge is 0.407 e. The number of ether oxygens (including phenoxy) is 1. The van der Waals surface area contributed by atoms with Crippen molar-refractivity contribution in [3.05, 3.63) is 47.0 Å². The quantitative estimate of drug-likeness (QED) is 0.393. The number of fused-ring (bicyclic) bond motifs is 1. The molecule has 3 N–H and O–H groups in total. The minimum absolute atomic E-state index is 0.0940. The molecule has 0 radical (unpaired) electrons. The van der Waals surface area contributed by atoms with Gasteiger partial charge in [-0.3, -0.25) is 0 Å². The van der Waals surface area contributed by atoms with Crippen LogP contribution in [0.4, 0.5) is 10.6 Å². The first-order valence-electron chi connectivity index (χ1n) is 10.0. The number of hydrogen-bond acceptors (Lipinski definition) is 6. The van der Waals surface area contributed by atoms with Crippen LogP contribution in [0.15, 0.2) is 30.6 Å². The number of rotatable bonds is 9. The van der Waals surface area contributed by atoms with E-state index >= 15 is 0 Å². The van der Waals surface area contributed by atoms with Crippen molar-refractivity contribution < 1.29 is 9.53 Å². The summed E-state index contributed by atoms with van der Waals surface area (Å²) in [5, 5.41) is 2.89. The number of nitrogens with two attached hydrogens (primary N) is 1. The van der Waals surface area contributed by atoms with Gasteiger partial charge in [0.25, 0.3) is 0 Å². The molecule has 0 saturated heterocycles. The van der Waals surface area contributed by atoms with E-state index in [1.165, 1.54) is 5.56 Å². The van der Waals surface area contributed by atoms with Gasteiger partial charge >= 0.3 is 6.09 Å². The van der Waals surface area contributed by atoms with Gasteiger partial charge in [-0.05, 0) is 47.9 Å². The Bertz CT molecular complexity index is 1000. The Labute approximate surface area is 180 Å². The van der Waals surface area contributed by atoms with E-state index in [0.717, 1.165) is 18.4 Å². The predicted molar refractivity (Wildman–Crippen MR) is 117 cm³/mol. The zero-order valence-corrected chi connectivity index (χ0v) is 18.0. The van der Waals surface area contributed by atoms with Gasteiger partial charge in [-0.1, -0.05) is 38.1 Å². The Kier molecular flexibility index (Phi) is 7.46. The van der Waals surface area contributed by atoms with Crippen LogP contribution in [0.25, 0.3) is 11.2 Å². The van der Waals surface area contributed by atoms with Gasteiger partial charge in [-0.25, -0.2) is 9.78 Å². The van der Waals surface area contributed by atoms with Crippen molar-refractivity contribution in [2.45, 2.75) is 46.2 Å². The fourth-order valence-corrected chi connectivity index (χ4v) is 3.39. The fraction of sp³-hybridized carbons (Fsp3) is 0.429. The Morgan fingerprint density at radius 2 is 2.07 bits per heavy atom. The maximum atomic E-state index is 11.9. The van der Waals surface area contributed by atoms with Crippen molar-refractivity contribution in [1.82, 2.24) is 24.8 Å².